The molecule has 46 heteroatoms. The summed E-state index contributed by atoms with van der Waals surface area (Å²) in [5.74, 6) is -1.33. The monoisotopic (exact) mass is 1270 g/mol. The number of aromatic nitrogens is 12. The van der Waals surface area contributed by atoms with Crippen LogP contribution in [0.4, 0.5) is 17.7 Å². The van der Waals surface area contributed by atoms with Gasteiger partial charge in [0.25, 0.3) is 24.9 Å². The molecule has 17 atom stereocenters. The van der Waals surface area contributed by atoms with Crippen molar-refractivity contribution in [1.82, 2.24) is 58.5 Å². The van der Waals surface area contributed by atoms with Crippen LogP contribution in [0.25, 0.3) is 33.5 Å². The number of imidazole rings is 3. The van der Waals surface area contributed by atoms with Crippen molar-refractivity contribution in [3.05, 3.63) is 46.0 Å². The third-order valence-electron chi connectivity index (χ3n) is 13.4. The summed E-state index contributed by atoms with van der Waals surface area (Å²) < 4.78 is 117. The number of nitrogens with one attached hydrogen (secondary N) is 2. The minimum absolute atomic E-state index is 0. The maximum absolute atomic E-state index is 13.7. The Kier molecular flexibility index (Phi) is 17.6. The summed E-state index contributed by atoms with van der Waals surface area (Å²) in [6.07, 6.45) is -15.9. The van der Waals surface area contributed by atoms with E-state index < -0.39 is 154 Å². The number of rotatable bonds is 21. The van der Waals surface area contributed by atoms with Crippen molar-refractivity contribution in [2.45, 2.75) is 85.6 Å². The zero-order valence-electron chi connectivity index (χ0n) is 43.4. The first-order chi connectivity index (χ1) is 38.4. The number of nitrogens with two attached hydrogens (primary N) is 3. The largest absolute Gasteiger partial charge is 1.00 e. The van der Waals surface area contributed by atoms with Crippen LogP contribution in [0.15, 0.2) is 34.9 Å². The van der Waals surface area contributed by atoms with E-state index in [-0.39, 0.29) is 80.8 Å². The second-order valence-electron chi connectivity index (χ2n) is 18.9. The molecule has 1 amide bonds. The maximum atomic E-state index is 13.7. The Morgan fingerprint density at radius 1 is 0.819 bits per heavy atom. The first-order valence-electron chi connectivity index (χ1n) is 23.6. The summed E-state index contributed by atoms with van der Waals surface area (Å²) in [6.45, 7) is -3.63. The third-order valence-corrected chi connectivity index (χ3v) is 18.6. The van der Waals surface area contributed by atoms with Gasteiger partial charge in [-0.1, -0.05) is 4.98 Å². The first-order valence-corrected chi connectivity index (χ1v) is 29.5. The van der Waals surface area contributed by atoms with E-state index >= 15 is 0 Å². The molecule has 4 fully saturated rings. The van der Waals surface area contributed by atoms with Crippen molar-refractivity contribution in [1.29, 1.82) is 0 Å². The molecule has 4 saturated heterocycles. The summed E-state index contributed by atoms with van der Waals surface area (Å²) in [7, 11) is -18.8. The average molecular weight is 1270 g/mol. The molecule has 2 bridgehead atoms. The SMILES string of the molecule is CO[C@H]1C(OP(=O)([O-])OC[C@H]2O[C@@H](n3cnc4c(=O)[nH]c(N)nc43)[C@@H](O)C2O)[C@@H](COP(=O)(O)OP(=O)(O)OP(=O)(O)OC[C@]23O[C@@H]([n+]4cn(C)c5c(=O)[nH]c(N)nc54)C(O[C@H]2CC(=O)N(C)C)[C@H]3O)O[C@H]1n1cnc2c(N)ncnc21.[Na+]. The number of H-pyrrole nitrogens is 2. The zero-order valence-corrected chi connectivity index (χ0v) is 49.0. The van der Waals surface area contributed by atoms with Gasteiger partial charge < -0.3 is 89.7 Å². The smallest absolute Gasteiger partial charge is 0.756 e. The molecule has 10 rings (SSSR count). The minimum atomic E-state index is -6.32. The molecule has 10 heterocycles. The molecule has 448 valence electrons. The number of hydrogen-bond acceptors (Lipinski definition) is 31. The van der Waals surface area contributed by atoms with Gasteiger partial charge in [-0.25, -0.2) is 38.2 Å². The van der Waals surface area contributed by atoms with Gasteiger partial charge in [-0.05, 0) is 0 Å². The summed E-state index contributed by atoms with van der Waals surface area (Å²) in [5, 5.41) is 33.4. The van der Waals surface area contributed by atoms with E-state index in [4.69, 9.17) is 59.0 Å². The van der Waals surface area contributed by atoms with Gasteiger partial charge in [0.15, 0.2) is 47.0 Å². The van der Waals surface area contributed by atoms with E-state index in [1.165, 1.54) is 41.2 Å². The number of aromatic amines is 2. The van der Waals surface area contributed by atoms with E-state index in [0.717, 1.165) is 35.6 Å². The maximum Gasteiger partial charge on any atom is 1.00 e. The van der Waals surface area contributed by atoms with Gasteiger partial charge in [0.2, 0.25) is 23.6 Å². The molecular weight excluding hydrogens is 1220 g/mol. The van der Waals surface area contributed by atoms with Gasteiger partial charge in [0.05, 0.1) is 45.9 Å². The summed E-state index contributed by atoms with van der Waals surface area (Å²) in [6, 6.07) is 0. The van der Waals surface area contributed by atoms with E-state index in [2.05, 4.69) is 48.5 Å². The van der Waals surface area contributed by atoms with Crippen molar-refractivity contribution >= 4 is 88.4 Å². The number of aryl methyl sites for hydroxylation is 1. The van der Waals surface area contributed by atoms with Crippen molar-refractivity contribution < 1.29 is 142 Å². The van der Waals surface area contributed by atoms with Crippen LogP contribution in [0, 0.1) is 0 Å². The van der Waals surface area contributed by atoms with E-state index in [9.17, 15) is 67.5 Å². The van der Waals surface area contributed by atoms with Crippen LogP contribution in [0.5, 0.6) is 0 Å². The summed E-state index contributed by atoms with van der Waals surface area (Å²) >= 11 is 0. The number of phosphoric ester groups is 3. The van der Waals surface area contributed by atoms with Gasteiger partial charge in [-0.3, -0.25) is 51.7 Å². The molecular formula is C37H50N16NaO25P4+. The quantitative estimate of drug-likeness (QED) is 0.0181. The Morgan fingerprint density at radius 2 is 1.45 bits per heavy atom. The molecule has 4 aliphatic rings. The Hall–Kier alpha value is -4.68. The van der Waals surface area contributed by atoms with Crippen LogP contribution in [0.3, 0.4) is 0 Å². The van der Waals surface area contributed by atoms with Gasteiger partial charge in [0.1, 0.15) is 66.8 Å². The van der Waals surface area contributed by atoms with Crippen LogP contribution >= 0.6 is 31.3 Å². The fourth-order valence-corrected chi connectivity index (χ4v) is 14.2. The predicted molar refractivity (Wildman–Crippen MR) is 262 cm³/mol. The predicted octanol–water partition coefficient (Wildman–Crippen LogP) is -8.08. The second kappa shape index (κ2) is 23.2. The number of hydrogen-bond donors (Lipinski definition) is 11. The summed E-state index contributed by atoms with van der Waals surface area (Å²) in [5.41, 5.74) is 13.3. The van der Waals surface area contributed by atoms with Gasteiger partial charge >= 0.3 is 58.7 Å². The van der Waals surface area contributed by atoms with E-state index in [1.807, 2.05) is 0 Å². The number of phosphoric acid groups is 4. The topological polar surface area (TPSA) is 574 Å². The van der Waals surface area contributed by atoms with Crippen molar-refractivity contribution in [3.8, 4) is 0 Å². The number of carbonyl (C=O) groups is 1. The number of methoxy groups -OCH3 is 1. The molecule has 14 N–H and O–H groups in total. The Bertz CT molecular complexity index is 3800. The fraction of sp³-hybridized carbons (Fsp3) is 0.568. The molecule has 0 saturated carbocycles. The molecule has 83 heavy (non-hydrogen) atoms. The number of anilines is 3. The van der Waals surface area contributed by atoms with Crippen LogP contribution < -0.4 is 67.3 Å². The van der Waals surface area contributed by atoms with Crippen LogP contribution in [0.2, 0.25) is 0 Å². The van der Waals surface area contributed by atoms with Crippen molar-refractivity contribution in [2.24, 2.45) is 7.05 Å². The van der Waals surface area contributed by atoms with Gasteiger partial charge in [-0.2, -0.15) is 13.6 Å². The fourth-order valence-electron chi connectivity index (χ4n) is 9.70. The standard InChI is InChI=1S/C37H50N16O25P4.Na/c1-49(2)16(54)5-15-37(25(57)24(74-15)34(75-37)53-12-50(3)19-29(53)46-36(40)48-31(19)59)8-71-81(64,65)78-82(66,67)77-80(62,63)70-7-14-22(23(68-4)33(73-14)51-10-43-17-26(38)41-9-42-27(17)51)76-79(60,61)69-6-13-20(55)21(56)32(72-13)52-11-44-18-28(52)45-35(39)47-30(18)58;/h9-15,20-25,32-34,55-57H,5-8H2,1-4H3,(H11-,38,39,40,41,42,45,46,47,48,58,59,60,61,62,63,64,65,66,67);/q;+1/t13-,14-,15+,20?,21+,22?,23+,24?,25-,32-,33-,34-,37+;/m1./s1. The van der Waals surface area contributed by atoms with Crippen molar-refractivity contribution in [2.75, 3.05) is 58.2 Å². The molecule has 0 radical (unpaired) electrons. The number of nitrogens with zero attached hydrogens (tertiary/aromatic N) is 11. The van der Waals surface area contributed by atoms with E-state index in [0.29, 0.717) is 0 Å². The summed E-state index contributed by atoms with van der Waals surface area (Å²) in [4.78, 5) is 114. The number of ether oxygens (including phenoxy) is 5. The molecule has 4 aliphatic heterocycles. The second-order valence-corrected chi connectivity index (χ2v) is 24.9. The number of nitrogen functional groups attached to an aromatic ring is 3. The van der Waals surface area contributed by atoms with Crippen molar-refractivity contribution in [3.63, 3.8) is 0 Å². The zero-order chi connectivity index (χ0) is 59.3. The van der Waals surface area contributed by atoms with Gasteiger partial charge in [0, 0.05) is 21.2 Å². The Labute approximate surface area is 484 Å². The number of amides is 1. The number of fused-ring (bicyclic) bond motifs is 5. The number of aliphatic hydroxyl groups is 3. The molecule has 7 unspecified atom stereocenters. The molecule has 6 aromatic heterocycles. The molecule has 0 aliphatic carbocycles. The number of aliphatic hydroxyl groups excluding tert-OH is 3. The molecule has 41 nitrogen and oxygen atoms in total. The van der Waals surface area contributed by atoms with Crippen LogP contribution in [0.1, 0.15) is 25.1 Å². The number of carbonyl (C=O) groups excluding carboxylic acids is 1. The van der Waals surface area contributed by atoms with Crippen LogP contribution in [-0.2, 0) is 80.5 Å². The average Bonchev–Trinajstić information content (AvgIpc) is 1.90. The normalized spacial score (nSPS) is 30.8. The Balaban J connectivity index is 0.00000828. The molecule has 6 aromatic rings. The first kappa shape index (κ1) is 62.8. The molecule has 0 aromatic carbocycles. The van der Waals surface area contributed by atoms with Gasteiger partial charge in [-0.15, -0.1) is 0 Å². The van der Waals surface area contributed by atoms with E-state index in [1.54, 1.807) is 0 Å². The minimum Gasteiger partial charge on any atom is -0.756 e. The molecule has 0 spiro atoms. The Morgan fingerprint density at radius 3 is 2.13 bits per heavy atom. The van der Waals surface area contributed by atoms with Crippen LogP contribution in [-0.4, -0.2) is 196 Å². The third kappa shape index (κ3) is 12.1.